The minimum absolute atomic E-state index is 0.00140. The molecule has 0 heterocycles. The largest absolute Gasteiger partial charge is 0.466 e. The molecule has 392 valence electrons. The van der Waals surface area contributed by atoms with Gasteiger partial charge >= 0.3 is 5.97 Å². The third kappa shape index (κ3) is 53.0. The normalized spacial score (nSPS) is 13.0. The third-order valence-electron chi connectivity index (χ3n) is 13.3. The molecule has 0 spiro atoms. The molecule has 0 saturated carbocycles. The molecule has 0 radical (unpaired) electrons. The summed E-state index contributed by atoms with van der Waals surface area (Å²) in [6, 6.07) is -0.632. The van der Waals surface area contributed by atoms with E-state index in [2.05, 4.69) is 55.6 Å². The van der Waals surface area contributed by atoms with Gasteiger partial charge in [-0.2, -0.15) is 0 Å². The average molecular weight is 941 g/mol. The summed E-state index contributed by atoms with van der Waals surface area (Å²) >= 11 is 0. The zero-order chi connectivity index (χ0) is 48.6. The molecular formula is C61H113NO5. The van der Waals surface area contributed by atoms with Crippen LogP contribution in [-0.4, -0.2) is 47.4 Å². The number of carbonyl (C=O) groups is 2. The molecule has 6 heteroatoms. The van der Waals surface area contributed by atoms with Crippen LogP contribution < -0.4 is 5.32 Å². The third-order valence-corrected chi connectivity index (χ3v) is 13.3. The maximum atomic E-state index is 12.4. The fourth-order valence-electron chi connectivity index (χ4n) is 8.78. The number of esters is 1. The second-order valence-electron chi connectivity index (χ2n) is 20.0. The lowest BCUT2D eigenvalue weighted by atomic mass is 10.0. The van der Waals surface area contributed by atoms with E-state index in [4.69, 9.17) is 4.74 Å². The Balaban J connectivity index is 3.41. The molecule has 0 aliphatic rings. The molecule has 0 bridgehead atoms. The molecule has 2 unspecified atom stereocenters. The van der Waals surface area contributed by atoms with Gasteiger partial charge < -0.3 is 20.3 Å². The summed E-state index contributed by atoms with van der Waals surface area (Å²) < 4.78 is 5.49. The van der Waals surface area contributed by atoms with Gasteiger partial charge in [-0.3, -0.25) is 9.59 Å². The van der Waals surface area contributed by atoms with Gasteiger partial charge in [0.05, 0.1) is 25.4 Å². The molecule has 2 atom stereocenters. The van der Waals surface area contributed by atoms with Gasteiger partial charge in [-0.15, -0.1) is 0 Å². The number of hydrogen-bond acceptors (Lipinski definition) is 5. The number of hydrogen-bond donors (Lipinski definition) is 3. The summed E-state index contributed by atoms with van der Waals surface area (Å²) in [6.07, 6.45) is 71.4. The first-order valence-electron chi connectivity index (χ1n) is 29.4. The molecule has 0 fully saturated rings. The Morgan fingerprint density at radius 2 is 0.746 bits per heavy atom. The minimum Gasteiger partial charge on any atom is -0.466 e. The number of aliphatic hydroxyl groups is 2. The van der Waals surface area contributed by atoms with Gasteiger partial charge in [0.1, 0.15) is 0 Å². The van der Waals surface area contributed by atoms with Crippen LogP contribution in [0.1, 0.15) is 303 Å². The zero-order valence-corrected chi connectivity index (χ0v) is 44.6. The predicted octanol–water partition coefficient (Wildman–Crippen LogP) is 18.2. The highest BCUT2D eigenvalue weighted by atomic mass is 16.5. The first kappa shape index (κ1) is 64.8. The molecular weight excluding hydrogens is 827 g/mol. The Hall–Kier alpha value is -2.18. The second-order valence-corrected chi connectivity index (χ2v) is 20.0. The van der Waals surface area contributed by atoms with Crippen molar-refractivity contribution in [3.05, 3.63) is 48.6 Å². The first-order chi connectivity index (χ1) is 33.0. The van der Waals surface area contributed by atoms with Crippen molar-refractivity contribution < 1.29 is 24.5 Å². The molecule has 0 aliphatic carbocycles. The molecule has 0 rings (SSSR count). The van der Waals surface area contributed by atoms with Crippen molar-refractivity contribution in [2.45, 2.75) is 315 Å². The average Bonchev–Trinajstić information content (AvgIpc) is 3.33. The van der Waals surface area contributed by atoms with E-state index in [-0.39, 0.29) is 18.5 Å². The summed E-state index contributed by atoms with van der Waals surface area (Å²) in [5.41, 5.74) is 0. The monoisotopic (exact) mass is 940 g/mol. The van der Waals surface area contributed by atoms with Crippen molar-refractivity contribution in [1.82, 2.24) is 5.32 Å². The standard InChI is InChI=1S/C61H113NO5/c1-3-5-7-9-11-13-15-16-17-18-26-29-32-35-39-43-47-51-55-61(66)67-56-52-48-44-40-36-33-30-27-24-22-20-19-21-23-25-28-31-34-38-42-46-50-54-60(65)62-58(57-63)59(64)53-49-45-41-37-14-12-10-8-6-4-2/h13,15,17-18,21,23,49,53,58-59,63-64H,3-12,14,16,19-20,22,24-48,50-52,54-57H2,1-2H3,(H,62,65)/b15-13-,18-17-,23-21-,53-49+. The highest BCUT2D eigenvalue weighted by molar-refractivity contribution is 5.76. The van der Waals surface area contributed by atoms with Gasteiger partial charge in [0.2, 0.25) is 5.91 Å². The minimum atomic E-state index is -0.847. The fraction of sp³-hybridized carbons (Fsp3) is 0.836. The van der Waals surface area contributed by atoms with Crippen molar-refractivity contribution in [1.29, 1.82) is 0 Å². The second kappa shape index (κ2) is 56.4. The van der Waals surface area contributed by atoms with Crippen LogP contribution in [0.15, 0.2) is 48.6 Å². The van der Waals surface area contributed by atoms with E-state index >= 15 is 0 Å². The molecule has 6 nitrogen and oxygen atoms in total. The van der Waals surface area contributed by atoms with Crippen molar-refractivity contribution in [3.8, 4) is 0 Å². The van der Waals surface area contributed by atoms with Crippen molar-refractivity contribution >= 4 is 11.9 Å². The van der Waals surface area contributed by atoms with Gasteiger partial charge in [0.25, 0.3) is 0 Å². The highest BCUT2D eigenvalue weighted by Crippen LogP contribution is 2.16. The number of amides is 1. The Morgan fingerprint density at radius 3 is 1.16 bits per heavy atom. The SMILES string of the molecule is CCCCCC/C=C\C/C=C\CCCCCCCCCC(=O)OCCCCCCCCCCCCC/C=C\CCCCCCCCCC(=O)NC(CO)C(O)/C=C/CCCCCCCCCC. The smallest absolute Gasteiger partial charge is 0.305 e. The number of ether oxygens (including phenoxy) is 1. The van der Waals surface area contributed by atoms with Crippen LogP contribution in [0.5, 0.6) is 0 Å². The quantitative estimate of drug-likeness (QED) is 0.0321. The lowest BCUT2D eigenvalue weighted by molar-refractivity contribution is -0.143. The molecule has 1 amide bonds. The lowest BCUT2D eigenvalue weighted by Crippen LogP contribution is -2.45. The maximum absolute atomic E-state index is 12.4. The van der Waals surface area contributed by atoms with Crippen molar-refractivity contribution in [2.75, 3.05) is 13.2 Å². The summed E-state index contributed by atoms with van der Waals surface area (Å²) in [5.74, 6) is -0.0762. The Labute approximate surface area is 416 Å². The first-order valence-corrected chi connectivity index (χ1v) is 29.4. The number of allylic oxidation sites excluding steroid dienone is 7. The summed E-state index contributed by atoms with van der Waals surface area (Å²) in [7, 11) is 0. The predicted molar refractivity (Wildman–Crippen MR) is 292 cm³/mol. The Bertz CT molecular complexity index is 1130. The van der Waals surface area contributed by atoms with Crippen LogP contribution in [0.3, 0.4) is 0 Å². The van der Waals surface area contributed by atoms with Crippen LogP contribution in [0.4, 0.5) is 0 Å². The van der Waals surface area contributed by atoms with E-state index in [1.165, 1.54) is 218 Å². The van der Waals surface area contributed by atoms with E-state index in [0.29, 0.717) is 19.4 Å². The van der Waals surface area contributed by atoms with Crippen LogP contribution in [0, 0.1) is 0 Å². The number of rotatable bonds is 54. The molecule has 67 heavy (non-hydrogen) atoms. The van der Waals surface area contributed by atoms with E-state index in [9.17, 15) is 19.8 Å². The van der Waals surface area contributed by atoms with E-state index in [0.717, 1.165) is 57.8 Å². The number of unbranched alkanes of at least 4 members (excludes halogenated alkanes) is 37. The van der Waals surface area contributed by atoms with E-state index < -0.39 is 12.1 Å². The van der Waals surface area contributed by atoms with Crippen LogP contribution in [0.2, 0.25) is 0 Å². The maximum Gasteiger partial charge on any atom is 0.305 e. The molecule has 0 aromatic carbocycles. The topological polar surface area (TPSA) is 95.9 Å². The molecule has 0 aliphatic heterocycles. The van der Waals surface area contributed by atoms with Crippen LogP contribution in [0.25, 0.3) is 0 Å². The highest BCUT2D eigenvalue weighted by Gasteiger charge is 2.18. The Morgan fingerprint density at radius 1 is 0.418 bits per heavy atom. The Kier molecular flexibility index (Phi) is 54.6. The molecule has 0 aromatic heterocycles. The number of nitrogens with one attached hydrogen (secondary N) is 1. The van der Waals surface area contributed by atoms with Gasteiger partial charge in [-0.25, -0.2) is 0 Å². The van der Waals surface area contributed by atoms with Gasteiger partial charge in [0, 0.05) is 12.8 Å². The van der Waals surface area contributed by atoms with Crippen molar-refractivity contribution in [3.63, 3.8) is 0 Å². The number of carbonyl (C=O) groups excluding carboxylic acids is 2. The van der Waals surface area contributed by atoms with Gasteiger partial charge in [-0.05, 0) is 89.9 Å². The fourth-order valence-corrected chi connectivity index (χ4v) is 8.78. The van der Waals surface area contributed by atoms with Gasteiger partial charge in [-0.1, -0.05) is 249 Å². The lowest BCUT2D eigenvalue weighted by Gasteiger charge is -2.20. The van der Waals surface area contributed by atoms with E-state index in [1.807, 2.05) is 6.08 Å². The van der Waals surface area contributed by atoms with Crippen LogP contribution >= 0.6 is 0 Å². The zero-order valence-electron chi connectivity index (χ0n) is 44.6. The molecule has 3 N–H and O–H groups in total. The number of aliphatic hydroxyl groups excluding tert-OH is 2. The van der Waals surface area contributed by atoms with Crippen molar-refractivity contribution in [2.24, 2.45) is 0 Å². The summed E-state index contributed by atoms with van der Waals surface area (Å²) in [5, 5.41) is 23.0. The van der Waals surface area contributed by atoms with E-state index in [1.54, 1.807) is 6.08 Å². The molecule has 0 saturated heterocycles. The van der Waals surface area contributed by atoms with Crippen LogP contribution in [-0.2, 0) is 14.3 Å². The summed E-state index contributed by atoms with van der Waals surface area (Å²) in [4.78, 5) is 24.5. The summed E-state index contributed by atoms with van der Waals surface area (Å²) in [6.45, 7) is 4.86. The molecule has 0 aromatic rings. The van der Waals surface area contributed by atoms with Gasteiger partial charge in [0.15, 0.2) is 0 Å².